The minimum absolute atomic E-state index is 0.255. The Labute approximate surface area is 286 Å². The highest BCUT2D eigenvalue weighted by atomic mass is 19.2. The zero-order chi connectivity index (χ0) is 35.1. The van der Waals surface area contributed by atoms with Crippen molar-refractivity contribution in [3.05, 3.63) is 83.6 Å². The van der Waals surface area contributed by atoms with Crippen LogP contribution in [0.5, 0.6) is 5.75 Å². The van der Waals surface area contributed by atoms with Crippen LogP contribution in [0.15, 0.2) is 60.8 Å². The van der Waals surface area contributed by atoms with Gasteiger partial charge in [-0.15, -0.1) is 0 Å². The van der Waals surface area contributed by atoms with E-state index >= 15 is 0 Å². The molecule has 0 radical (unpaired) electrons. The standard InChI is InChI=1S/C39H45F2N3O5/c1-24-19-33-42-31-23-44(33)36(34(24)35(37(45)46-7)49-38(3,4)5)43-16-14-39(6,15-17-43)47-18-9-8-11-25(2)48-32-22-30(41)29(40)21-28(32)26-12-10-13-27(31)20-26/h8-10,12-13,19-23,25,35H,11,14-18H2,1-7H3/t25-,35-/m0/s1. The average Bonchev–Trinajstić information content (AvgIpc) is 3.47. The van der Waals surface area contributed by atoms with Crippen LogP contribution in [0.3, 0.4) is 0 Å². The van der Waals surface area contributed by atoms with Crippen molar-refractivity contribution < 1.29 is 32.5 Å². The molecule has 2 aromatic heterocycles. The number of aromatic nitrogens is 2. The van der Waals surface area contributed by atoms with E-state index in [1.165, 1.54) is 13.2 Å². The number of carbonyl (C=O) groups is 1. The van der Waals surface area contributed by atoms with Crippen LogP contribution in [0.2, 0.25) is 0 Å². The molecule has 10 heteroatoms. The van der Waals surface area contributed by atoms with Gasteiger partial charge in [-0.05, 0) is 83.7 Å². The summed E-state index contributed by atoms with van der Waals surface area (Å²) in [6, 6.07) is 11.8. The molecule has 4 aromatic rings. The van der Waals surface area contributed by atoms with Gasteiger partial charge in [0.25, 0.3) is 0 Å². The van der Waals surface area contributed by atoms with Crippen LogP contribution in [0.4, 0.5) is 14.6 Å². The first-order valence-electron chi connectivity index (χ1n) is 16.8. The van der Waals surface area contributed by atoms with E-state index in [-0.39, 0.29) is 17.5 Å². The van der Waals surface area contributed by atoms with E-state index in [1.807, 2.05) is 87.7 Å². The molecule has 3 aliphatic heterocycles. The van der Waals surface area contributed by atoms with Crippen LogP contribution in [-0.4, -0.2) is 59.5 Å². The van der Waals surface area contributed by atoms with Gasteiger partial charge in [0.05, 0.1) is 36.7 Å². The number of halogens is 2. The molecule has 0 aliphatic carbocycles. The molecule has 5 heterocycles. The summed E-state index contributed by atoms with van der Waals surface area (Å²) in [4.78, 5) is 20.7. The van der Waals surface area contributed by atoms with Crippen molar-refractivity contribution in [2.24, 2.45) is 0 Å². The number of nitrogens with zero attached hydrogens (tertiary/aromatic N) is 3. The average molecular weight is 674 g/mol. The Morgan fingerprint density at radius 3 is 2.49 bits per heavy atom. The first-order chi connectivity index (χ1) is 23.2. The van der Waals surface area contributed by atoms with Crippen molar-refractivity contribution in [3.8, 4) is 28.1 Å². The molecule has 0 amide bonds. The van der Waals surface area contributed by atoms with Crippen LogP contribution in [0.1, 0.15) is 71.1 Å². The highest BCUT2D eigenvalue weighted by Crippen LogP contribution is 2.41. The predicted octanol–water partition coefficient (Wildman–Crippen LogP) is 8.39. The molecule has 3 aliphatic rings. The monoisotopic (exact) mass is 673 g/mol. The summed E-state index contributed by atoms with van der Waals surface area (Å²) in [5, 5.41) is 0. The lowest BCUT2D eigenvalue weighted by Crippen LogP contribution is -2.45. The predicted molar refractivity (Wildman–Crippen MR) is 186 cm³/mol. The second-order valence-corrected chi connectivity index (χ2v) is 14.3. The normalized spacial score (nSPS) is 20.6. The van der Waals surface area contributed by atoms with E-state index in [9.17, 15) is 13.6 Å². The Hall–Kier alpha value is -4.28. The van der Waals surface area contributed by atoms with Crippen molar-refractivity contribution in [2.75, 3.05) is 31.7 Å². The van der Waals surface area contributed by atoms with Crippen molar-refractivity contribution in [3.63, 3.8) is 0 Å². The molecule has 260 valence electrons. The van der Waals surface area contributed by atoms with Gasteiger partial charge in [0.2, 0.25) is 0 Å². The number of esters is 1. The third-order valence-electron chi connectivity index (χ3n) is 9.22. The van der Waals surface area contributed by atoms with Gasteiger partial charge in [0, 0.05) is 48.5 Å². The summed E-state index contributed by atoms with van der Waals surface area (Å²) >= 11 is 0. The molecule has 2 aromatic carbocycles. The number of carbonyl (C=O) groups excluding carboxylic acids is 1. The van der Waals surface area contributed by atoms with E-state index in [4.69, 9.17) is 23.9 Å². The number of hydrogen-bond acceptors (Lipinski definition) is 7. The van der Waals surface area contributed by atoms with E-state index in [1.54, 1.807) is 0 Å². The Balaban J connectivity index is 1.56. The minimum atomic E-state index is -0.979. The molecule has 6 bridgehead atoms. The van der Waals surface area contributed by atoms with Crippen molar-refractivity contribution in [2.45, 2.75) is 84.2 Å². The van der Waals surface area contributed by atoms with Crippen LogP contribution in [0.25, 0.3) is 28.0 Å². The fourth-order valence-corrected chi connectivity index (χ4v) is 6.62. The number of benzene rings is 2. The van der Waals surface area contributed by atoms with Gasteiger partial charge in [0.15, 0.2) is 17.7 Å². The van der Waals surface area contributed by atoms with Crippen LogP contribution in [-0.2, 0) is 19.0 Å². The fourth-order valence-electron chi connectivity index (χ4n) is 6.62. The SMILES string of the molecule is COC(=O)[C@@H](OC(C)(C)C)c1c(C)cc2nc3cn2c1N1CCC(C)(CC1)OCC=CC[C@H](C)Oc1cc(F)c(F)cc1-c1cccc-3c1. The lowest BCUT2D eigenvalue weighted by atomic mass is 9.92. The zero-order valence-corrected chi connectivity index (χ0v) is 29.3. The largest absolute Gasteiger partial charge is 0.490 e. The maximum absolute atomic E-state index is 14.7. The summed E-state index contributed by atoms with van der Waals surface area (Å²) in [5.41, 5.74) is 3.83. The number of hydrogen-bond donors (Lipinski definition) is 0. The number of rotatable bonds is 3. The number of fused-ring (bicyclic) bond motifs is 7. The lowest BCUT2D eigenvalue weighted by molar-refractivity contribution is -0.164. The van der Waals surface area contributed by atoms with Gasteiger partial charge >= 0.3 is 5.97 Å². The second-order valence-electron chi connectivity index (χ2n) is 14.3. The van der Waals surface area contributed by atoms with Gasteiger partial charge in [-0.3, -0.25) is 4.40 Å². The van der Waals surface area contributed by atoms with Gasteiger partial charge in [-0.2, -0.15) is 0 Å². The quantitative estimate of drug-likeness (QED) is 0.160. The number of ether oxygens (including phenoxy) is 4. The first kappa shape index (κ1) is 34.6. The van der Waals surface area contributed by atoms with E-state index in [2.05, 4.69) is 11.8 Å². The Morgan fingerprint density at radius 2 is 1.78 bits per heavy atom. The lowest BCUT2D eigenvalue weighted by Gasteiger charge is -2.41. The number of piperidine rings is 1. The third-order valence-corrected chi connectivity index (χ3v) is 9.22. The molecule has 0 unspecified atom stereocenters. The first-order valence-corrected chi connectivity index (χ1v) is 16.8. The smallest absolute Gasteiger partial charge is 0.339 e. The molecule has 0 saturated carbocycles. The van der Waals surface area contributed by atoms with Crippen LogP contribution < -0.4 is 9.64 Å². The Bertz CT molecular complexity index is 1890. The van der Waals surface area contributed by atoms with Crippen molar-refractivity contribution in [1.29, 1.82) is 0 Å². The zero-order valence-electron chi connectivity index (χ0n) is 29.3. The molecule has 7 rings (SSSR count). The van der Waals surface area contributed by atoms with Crippen LogP contribution in [0, 0.1) is 18.6 Å². The molecular formula is C39H45F2N3O5. The minimum Gasteiger partial charge on any atom is -0.490 e. The maximum Gasteiger partial charge on any atom is 0.339 e. The highest BCUT2D eigenvalue weighted by Gasteiger charge is 2.37. The molecule has 0 N–H and O–H groups in total. The summed E-state index contributed by atoms with van der Waals surface area (Å²) in [6.45, 7) is 13.5. The van der Waals surface area contributed by atoms with Crippen LogP contribution >= 0.6 is 0 Å². The number of methoxy groups -OCH3 is 1. The van der Waals surface area contributed by atoms with Gasteiger partial charge in [-0.25, -0.2) is 18.6 Å². The molecule has 2 atom stereocenters. The second kappa shape index (κ2) is 13.6. The highest BCUT2D eigenvalue weighted by molar-refractivity contribution is 5.81. The number of aryl methyl sites for hydroxylation is 1. The van der Waals surface area contributed by atoms with E-state index in [0.29, 0.717) is 48.6 Å². The Morgan fingerprint density at radius 1 is 1.06 bits per heavy atom. The molecule has 8 nitrogen and oxygen atoms in total. The summed E-state index contributed by atoms with van der Waals surface area (Å²) in [5.74, 6) is -1.35. The molecule has 0 spiro atoms. The molecular weight excluding hydrogens is 628 g/mol. The number of pyridine rings is 1. The molecule has 49 heavy (non-hydrogen) atoms. The summed E-state index contributed by atoms with van der Waals surface area (Å²) in [6.07, 6.45) is 6.75. The van der Waals surface area contributed by atoms with E-state index < -0.39 is 29.3 Å². The van der Waals surface area contributed by atoms with Crippen molar-refractivity contribution >= 4 is 17.4 Å². The summed E-state index contributed by atoms with van der Waals surface area (Å²) < 4.78 is 55.5. The Kier molecular flexibility index (Phi) is 9.57. The topological polar surface area (TPSA) is 74.5 Å². The third kappa shape index (κ3) is 7.35. The molecule has 1 fully saturated rings. The number of imidazole rings is 1. The van der Waals surface area contributed by atoms with E-state index in [0.717, 1.165) is 41.4 Å². The maximum atomic E-state index is 14.7. The van der Waals surface area contributed by atoms with Gasteiger partial charge in [0.1, 0.15) is 17.2 Å². The van der Waals surface area contributed by atoms with Crippen molar-refractivity contribution in [1.82, 2.24) is 9.38 Å². The fraction of sp³-hybridized carbons (Fsp3) is 0.436. The van der Waals surface area contributed by atoms with Gasteiger partial charge < -0.3 is 23.8 Å². The van der Waals surface area contributed by atoms with Gasteiger partial charge in [-0.1, -0.05) is 30.4 Å². The molecule has 1 saturated heterocycles. The summed E-state index contributed by atoms with van der Waals surface area (Å²) in [7, 11) is 1.37. The number of anilines is 1.